The molecule has 0 aliphatic carbocycles. The zero-order valence-electron chi connectivity index (χ0n) is 22.4. The van der Waals surface area contributed by atoms with Crippen LogP contribution in [0, 0.1) is 20.8 Å². The first-order chi connectivity index (χ1) is 19.0. The fraction of sp³-hybridized carbons (Fsp3) is 0.207. The van der Waals surface area contributed by atoms with Crippen molar-refractivity contribution in [3.05, 3.63) is 98.4 Å². The monoisotopic (exact) mass is 581 g/mol. The molecule has 208 valence electrons. The molecule has 0 unspecified atom stereocenters. The summed E-state index contributed by atoms with van der Waals surface area (Å²) in [7, 11) is -4.49. The lowest BCUT2D eigenvalue weighted by Crippen LogP contribution is -2.34. The van der Waals surface area contributed by atoms with E-state index in [-0.39, 0.29) is 11.4 Å². The molecule has 0 aliphatic rings. The van der Waals surface area contributed by atoms with Crippen LogP contribution in [0.25, 0.3) is 11.3 Å². The molecule has 4 aromatic rings. The van der Waals surface area contributed by atoms with Crippen molar-refractivity contribution in [2.45, 2.75) is 39.0 Å². The van der Waals surface area contributed by atoms with Gasteiger partial charge in [0.1, 0.15) is 17.1 Å². The highest BCUT2D eigenvalue weighted by Gasteiger charge is 2.25. The van der Waals surface area contributed by atoms with Crippen LogP contribution in [-0.2, 0) is 10.0 Å². The summed E-state index contributed by atoms with van der Waals surface area (Å²) in [5.41, 5.74) is 2.70. The van der Waals surface area contributed by atoms with E-state index >= 15 is 0 Å². The fourth-order valence-corrected chi connectivity index (χ4v) is 5.38. The Hall–Kier alpha value is -4.15. The number of halogens is 1. The van der Waals surface area contributed by atoms with E-state index in [2.05, 4.69) is 9.97 Å². The molecular formula is C29H28ClN3O6S. The van der Waals surface area contributed by atoms with Crippen molar-refractivity contribution in [2.75, 3.05) is 6.61 Å². The first kappa shape index (κ1) is 28.8. The van der Waals surface area contributed by atoms with Gasteiger partial charge in [0, 0.05) is 11.8 Å². The van der Waals surface area contributed by atoms with Gasteiger partial charge in [-0.2, -0.15) is 0 Å². The molecular weight excluding hydrogens is 554 g/mol. The summed E-state index contributed by atoms with van der Waals surface area (Å²) in [5.74, 6) is -0.120. The predicted octanol–water partition coefficient (Wildman–Crippen LogP) is 5.72. The minimum atomic E-state index is -4.49. The van der Waals surface area contributed by atoms with Crippen molar-refractivity contribution in [2.24, 2.45) is 0 Å². The van der Waals surface area contributed by atoms with Gasteiger partial charge in [-0.3, -0.25) is 9.59 Å². The number of ether oxygens (including phenoxy) is 2. The Morgan fingerprint density at radius 1 is 1.05 bits per heavy atom. The molecule has 0 spiro atoms. The second-order valence-electron chi connectivity index (χ2n) is 9.17. The first-order valence-corrected chi connectivity index (χ1v) is 14.3. The number of benzene rings is 2. The van der Waals surface area contributed by atoms with E-state index < -0.39 is 26.4 Å². The molecule has 2 aromatic heterocycles. The molecule has 0 fully saturated rings. The summed E-state index contributed by atoms with van der Waals surface area (Å²) in [5, 5.41) is 0.390. The zero-order chi connectivity index (χ0) is 29.0. The Balaban J connectivity index is 1.77. The van der Waals surface area contributed by atoms with E-state index in [0.29, 0.717) is 34.4 Å². The van der Waals surface area contributed by atoms with Crippen molar-refractivity contribution in [1.29, 1.82) is 0 Å². The Morgan fingerprint density at radius 2 is 1.77 bits per heavy atom. The molecule has 0 bridgehead atoms. The number of aromatic amines is 1. The first-order valence-electron chi connectivity index (χ1n) is 12.4. The molecule has 0 radical (unpaired) electrons. The molecule has 40 heavy (non-hydrogen) atoms. The molecule has 9 nitrogen and oxygen atoms in total. The number of aryl methyl sites for hydroxylation is 3. The number of nitrogens with one attached hydrogen (secondary N) is 2. The third-order valence-electron chi connectivity index (χ3n) is 5.90. The number of sulfonamides is 1. The molecule has 1 amide bonds. The standard InChI is InChI=1S/C29H28ClN3O6S/c1-5-13-38-24-11-8-20(16-22(24)30)23-10-9-21(27(34)33-40(36,37)25-7-6-12-31-28(25)35)29(32-23)39-26-18(3)14-17(2)15-19(26)4/h6-12,14-16H,5,13H2,1-4H3,(H,31,35)(H,33,34). The second-order valence-corrected chi connectivity index (χ2v) is 11.2. The van der Waals surface area contributed by atoms with Gasteiger partial charge in [-0.05, 0) is 80.8 Å². The van der Waals surface area contributed by atoms with Gasteiger partial charge in [-0.1, -0.05) is 36.2 Å². The predicted molar refractivity (Wildman–Crippen MR) is 153 cm³/mol. The maximum atomic E-state index is 13.3. The number of amides is 1. The number of hydrogen-bond donors (Lipinski definition) is 2. The molecule has 2 aromatic carbocycles. The van der Waals surface area contributed by atoms with Gasteiger partial charge >= 0.3 is 0 Å². The molecule has 0 saturated carbocycles. The normalized spacial score (nSPS) is 11.2. The lowest BCUT2D eigenvalue weighted by Gasteiger charge is -2.16. The number of nitrogens with zero attached hydrogens (tertiary/aromatic N) is 1. The number of aromatic nitrogens is 2. The summed E-state index contributed by atoms with van der Waals surface area (Å²) in [6.45, 7) is 8.19. The van der Waals surface area contributed by atoms with Crippen LogP contribution in [0.1, 0.15) is 40.4 Å². The minimum absolute atomic E-state index is 0.121. The van der Waals surface area contributed by atoms with E-state index in [1.807, 2.05) is 44.5 Å². The minimum Gasteiger partial charge on any atom is -0.492 e. The molecule has 2 heterocycles. The van der Waals surface area contributed by atoms with Crippen molar-refractivity contribution >= 4 is 27.5 Å². The second kappa shape index (κ2) is 11.9. The van der Waals surface area contributed by atoms with Gasteiger partial charge in [0.05, 0.1) is 17.3 Å². The summed E-state index contributed by atoms with van der Waals surface area (Å²) >= 11 is 6.42. The lowest BCUT2D eigenvalue weighted by atomic mass is 10.1. The Bertz CT molecular complexity index is 1730. The molecule has 2 N–H and O–H groups in total. The van der Waals surface area contributed by atoms with Gasteiger partial charge < -0.3 is 14.5 Å². The highest BCUT2D eigenvalue weighted by Crippen LogP contribution is 2.34. The number of carbonyl (C=O) groups excluding carboxylic acids is 1. The third kappa shape index (κ3) is 6.35. The maximum Gasteiger partial charge on any atom is 0.270 e. The number of pyridine rings is 2. The average molecular weight is 582 g/mol. The summed E-state index contributed by atoms with van der Waals surface area (Å²) in [6.07, 6.45) is 2.12. The number of hydrogen-bond acceptors (Lipinski definition) is 7. The smallest absolute Gasteiger partial charge is 0.270 e. The van der Waals surface area contributed by atoms with Crippen molar-refractivity contribution < 1.29 is 22.7 Å². The van der Waals surface area contributed by atoms with Crippen LogP contribution in [0.3, 0.4) is 0 Å². The molecule has 11 heteroatoms. The molecule has 0 saturated heterocycles. The maximum absolute atomic E-state index is 13.3. The van der Waals surface area contributed by atoms with E-state index in [1.165, 1.54) is 18.3 Å². The molecule has 0 atom stereocenters. The molecule has 0 aliphatic heterocycles. The quantitative estimate of drug-likeness (QED) is 0.259. The van der Waals surface area contributed by atoms with Crippen LogP contribution in [0.4, 0.5) is 0 Å². The van der Waals surface area contributed by atoms with E-state index in [4.69, 9.17) is 21.1 Å². The van der Waals surface area contributed by atoms with Gasteiger partial charge in [0.25, 0.3) is 21.5 Å². The van der Waals surface area contributed by atoms with Gasteiger partial charge in [-0.25, -0.2) is 18.1 Å². The van der Waals surface area contributed by atoms with Crippen LogP contribution in [-0.4, -0.2) is 30.9 Å². The zero-order valence-corrected chi connectivity index (χ0v) is 23.9. The fourth-order valence-electron chi connectivity index (χ4n) is 4.12. The third-order valence-corrected chi connectivity index (χ3v) is 7.55. The van der Waals surface area contributed by atoms with Crippen molar-refractivity contribution in [3.63, 3.8) is 0 Å². The highest BCUT2D eigenvalue weighted by atomic mass is 35.5. The summed E-state index contributed by atoms with van der Waals surface area (Å²) in [4.78, 5) is 31.6. The number of rotatable bonds is 9. The SMILES string of the molecule is CCCOc1ccc(-c2ccc(C(=O)NS(=O)(=O)c3ccc[nH]c3=O)c(Oc3c(C)cc(C)cc3C)n2)cc1Cl. The highest BCUT2D eigenvalue weighted by molar-refractivity contribution is 7.90. The summed E-state index contributed by atoms with van der Waals surface area (Å²) < 4.78 is 39.4. The van der Waals surface area contributed by atoms with Crippen LogP contribution in [0.2, 0.25) is 5.02 Å². The van der Waals surface area contributed by atoms with Crippen molar-refractivity contribution in [1.82, 2.24) is 14.7 Å². The topological polar surface area (TPSA) is 127 Å². The Labute approximate surface area is 237 Å². The largest absolute Gasteiger partial charge is 0.492 e. The van der Waals surface area contributed by atoms with Crippen LogP contribution < -0.4 is 19.8 Å². The van der Waals surface area contributed by atoms with Gasteiger partial charge in [0.15, 0.2) is 4.90 Å². The lowest BCUT2D eigenvalue weighted by molar-refractivity contribution is 0.0978. The number of H-pyrrole nitrogens is 1. The Morgan fingerprint density at radius 3 is 2.42 bits per heavy atom. The molecule has 4 rings (SSSR count). The van der Waals surface area contributed by atoms with E-state index in [9.17, 15) is 18.0 Å². The van der Waals surface area contributed by atoms with E-state index in [0.717, 1.165) is 29.2 Å². The van der Waals surface area contributed by atoms with Crippen molar-refractivity contribution in [3.8, 4) is 28.6 Å². The Kier molecular flexibility index (Phi) is 8.61. The van der Waals surface area contributed by atoms with Crippen LogP contribution in [0.15, 0.2) is 70.5 Å². The van der Waals surface area contributed by atoms with Crippen LogP contribution in [0.5, 0.6) is 17.4 Å². The summed E-state index contributed by atoms with van der Waals surface area (Å²) in [6, 6.07) is 14.4. The number of carbonyl (C=O) groups is 1. The van der Waals surface area contributed by atoms with Crippen LogP contribution >= 0.6 is 11.6 Å². The average Bonchev–Trinajstić information content (AvgIpc) is 2.89. The van der Waals surface area contributed by atoms with E-state index in [1.54, 1.807) is 24.3 Å². The van der Waals surface area contributed by atoms with Gasteiger partial charge in [0.2, 0.25) is 5.88 Å². The van der Waals surface area contributed by atoms with Gasteiger partial charge in [-0.15, -0.1) is 0 Å².